The maximum absolute atomic E-state index is 13.5. The van der Waals surface area contributed by atoms with Crippen LogP contribution in [0.25, 0.3) is 0 Å². The van der Waals surface area contributed by atoms with E-state index in [1.807, 2.05) is 13.8 Å². The van der Waals surface area contributed by atoms with Crippen molar-refractivity contribution in [3.8, 4) is 0 Å². The molecule has 0 aliphatic carbocycles. The van der Waals surface area contributed by atoms with Crippen LogP contribution in [0.4, 0.5) is 10.5 Å². The van der Waals surface area contributed by atoms with Gasteiger partial charge in [-0.15, -0.1) is 0 Å². The number of piperazine rings is 2. The fourth-order valence-corrected chi connectivity index (χ4v) is 6.37. The molecule has 1 N–H and O–H groups in total. The summed E-state index contributed by atoms with van der Waals surface area (Å²) in [6, 6.07) is 11.1. The zero-order chi connectivity index (χ0) is 25.3. The predicted octanol–water partition coefficient (Wildman–Crippen LogP) is 2.66. The molecule has 2 aliphatic rings. The van der Waals surface area contributed by atoms with Crippen LogP contribution in [0.3, 0.4) is 0 Å². The molecule has 0 spiro atoms. The Hall–Kier alpha value is -2.82. The zero-order valence-electron chi connectivity index (χ0n) is 19.7. The molecule has 0 bridgehead atoms. The number of rotatable bonds is 4. The largest absolute Gasteiger partial charge is 0.465 e. The van der Waals surface area contributed by atoms with E-state index in [0.717, 1.165) is 21.7 Å². The van der Waals surface area contributed by atoms with Crippen molar-refractivity contribution in [2.45, 2.75) is 24.8 Å². The fourth-order valence-electron chi connectivity index (χ4n) is 4.63. The average Bonchev–Trinajstić information content (AvgIpc) is 2.84. The molecule has 1 unspecified atom stereocenters. The van der Waals surface area contributed by atoms with E-state index in [2.05, 4.69) is 23.1 Å². The van der Waals surface area contributed by atoms with Gasteiger partial charge in [-0.05, 0) is 49.2 Å². The van der Waals surface area contributed by atoms with Gasteiger partial charge in [0, 0.05) is 56.5 Å². The smallest absolute Gasteiger partial charge is 0.408 e. The zero-order valence-corrected chi connectivity index (χ0v) is 21.3. The van der Waals surface area contributed by atoms with Crippen molar-refractivity contribution in [3.05, 3.63) is 58.6 Å². The summed E-state index contributed by atoms with van der Waals surface area (Å²) in [4.78, 5) is 30.3. The van der Waals surface area contributed by atoms with Crippen molar-refractivity contribution in [2.75, 3.05) is 50.7 Å². The van der Waals surface area contributed by atoms with Gasteiger partial charge in [-0.25, -0.2) is 13.2 Å². The van der Waals surface area contributed by atoms with Gasteiger partial charge in [-0.3, -0.25) is 9.69 Å². The maximum Gasteiger partial charge on any atom is 0.408 e. The van der Waals surface area contributed by atoms with E-state index < -0.39 is 22.2 Å². The number of anilines is 1. The predicted molar refractivity (Wildman–Crippen MR) is 133 cm³/mol. The lowest BCUT2D eigenvalue weighted by molar-refractivity contribution is -0.138. The van der Waals surface area contributed by atoms with E-state index >= 15 is 0 Å². The second-order valence-electron chi connectivity index (χ2n) is 8.91. The van der Waals surface area contributed by atoms with Crippen LogP contribution in [-0.2, 0) is 14.8 Å². The highest BCUT2D eigenvalue weighted by molar-refractivity contribution is 7.89. The number of hydrogen-bond donors (Lipinski definition) is 1. The Morgan fingerprint density at radius 3 is 2.34 bits per heavy atom. The van der Waals surface area contributed by atoms with Crippen LogP contribution in [0.15, 0.2) is 47.4 Å². The number of sulfonamides is 1. The summed E-state index contributed by atoms with van der Waals surface area (Å²) < 4.78 is 27.6. The van der Waals surface area contributed by atoms with E-state index in [4.69, 9.17) is 11.6 Å². The molecule has 11 heteroatoms. The molecule has 2 saturated heterocycles. The second-order valence-corrected chi connectivity index (χ2v) is 11.3. The first-order valence-corrected chi connectivity index (χ1v) is 13.3. The number of hydrogen-bond acceptors (Lipinski definition) is 5. The third-order valence-corrected chi connectivity index (χ3v) is 8.70. The molecule has 9 nitrogen and oxygen atoms in total. The van der Waals surface area contributed by atoms with Crippen molar-refractivity contribution in [1.29, 1.82) is 0 Å². The third kappa shape index (κ3) is 5.24. The number of carbonyl (C=O) groups is 2. The molecule has 2 aromatic rings. The molecule has 2 amide bonds. The Morgan fingerprint density at radius 1 is 0.971 bits per heavy atom. The number of benzene rings is 2. The number of halogens is 1. The lowest BCUT2D eigenvalue weighted by atomic mass is 10.1. The van der Waals surface area contributed by atoms with Gasteiger partial charge in [-0.1, -0.05) is 29.8 Å². The van der Waals surface area contributed by atoms with Gasteiger partial charge in [0.2, 0.25) is 15.9 Å². The topological polar surface area (TPSA) is 101 Å². The summed E-state index contributed by atoms with van der Waals surface area (Å²) in [7, 11) is -3.93. The number of amides is 2. The SMILES string of the molecule is Cc1ccc(C)c(N2CCN(C(=O)C3CN(S(=O)(=O)c4cccc(Cl)c4)CCN3C(=O)O)CC2)c1. The molecular formula is C24H29ClN4O5S. The molecule has 188 valence electrons. The third-order valence-electron chi connectivity index (χ3n) is 6.60. The van der Waals surface area contributed by atoms with E-state index in [1.54, 1.807) is 17.0 Å². The van der Waals surface area contributed by atoms with Crippen LogP contribution in [0.2, 0.25) is 5.02 Å². The molecule has 0 radical (unpaired) electrons. The summed E-state index contributed by atoms with van der Waals surface area (Å²) in [5.41, 5.74) is 3.44. The van der Waals surface area contributed by atoms with Crippen molar-refractivity contribution in [1.82, 2.24) is 14.1 Å². The Bertz CT molecular complexity index is 1230. The molecule has 0 saturated carbocycles. The molecule has 0 aromatic heterocycles. The Labute approximate surface area is 210 Å². The summed E-state index contributed by atoms with van der Waals surface area (Å²) in [5, 5.41) is 9.99. The second kappa shape index (κ2) is 10.0. The van der Waals surface area contributed by atoms with E-state index in [1.165, 1.54) is 16.4 Å². The summed E-state index contributed by atoms with van der Waals surface area (Å²) in [5.74, 6) is -0.376. The van der Waals surface area contributed by atoms with Gasteiger partial charge < -0.3 is 14.9 Å². The van der Waals surface area contributed by atoms with E-state index in [0.29, 0.717) is 26.2 Å². The first-order valence-electron chi connectivity index (χ1n) is 11.4. The summed E-state index contributed by atoms with van der Waals surface area (Å²) >= 11 is 5.98. The molecule has 1 atom stereocenters. The van der Waals surface area contributed by atoms with Crippen LogP contribution in [-0.4, -0.2) is 91.5 Å². The Kier molecular flexibility index (Phi) is 7.25. The van der Waals surface area contributed by atoms with Crippen molar-refractivity contribution < 1.29 is 23.1 Å². The normalized spacial score (nSPS) is 19.6. The van der Waals surface area contributed by atoms with E-state index in [9.17, 15) is 23.1 Å². The first kappa shape index (κ1) is 25.3. The number of nitrogens with zero attached hydrogens (tertiary/aromatic N) is 4. The van der Waals surface area contributed by atoms with Crippen molar-refractivity contribution in [3.63, 3.8) is 0 Å². The minimum Gasteiger partial charge on any atom is -0.465 e. The number of aryl methyl sites for hydroxylation is 2. The lowest BCUT2D eigenvalue weighted by Crippen LogP contribution is -2.63. The molecule has 2 fully saturated rings. The molecular weight excluding hydrogens is 492 g/mol. The van der Waals surface area contributed by atoms with Gasteiger partial charge in [0.1, 0.15) is 6.04 Å². The maximum atomic E-state index is 13.5. The monoisotopic (exact) mass is 520 g/mol. The first-order chi connectivity index (χ1) is 16.6. The lowest BCUT2D eigenvalue weighted by Gasteiger charge is -2.43. The number of carbonyl (C=O) groups excluding carboxylic acids is 1. The van der Waals surface area contributed by atoms with Crippen LogP contribution >= 0.6 is 11.6 Å². The minimum absolute atomic E-state index is 0.0158. The van der Waals surface area contributed by atoms with Crippen LogP contribution in [0, 0.1) is 13.8 Å². The van der Waals surface area contributed by atoms with Crippen LogP contribution in [0.1, 0.15) is 11.1 Å². The highest BCUT2D eigenvalue weighted by atomic mass is 35.5. The molecule has 2 aliphatic heterocycles. The summed E-state index contributed by atoms with van der Waals surface area (Å²) in [6.45, 7) is 5.80. The van der Waals surface area contributed by atoms with E-state index in [-0.39, 0.29) is 35.5 Å². The average molecular weight is 521 g/mol. The fraction of sp³-hybridized carbons (Fsp3) is 0.417. The van der Waals surface area contributed by atoms with Crippen LogP contribution in [0.5, 0.6) is 0 Å². The molecule has 2 heterocycles. The molecule has 2 aromatic carbocycles. The highest BCUT2D eigenvalue weighted by Crippen LogP contribution is 2.26. The van der Waals surface area contributed by atoms with Gasteiger partial charge in [-0.2, -0.15) is 4.31 Å². The minimum atomic E-state index is -3.93. The van der Waals surface area contributed by atoms with Crippen LogP contribution < -0.4 is 4.90 Å². The molecule has 4 rings (SSSR count). The van der Waals surface area contributed by atoms with Gasteiger partial charge in [0.05, 0.1) is 4.90 Å². The summed E-state index contributed by atoms with van der Waals surface area (Å²) in [6.07, 6.45) is -1.24. The quantitative estimate of drug-likeness (QED) is 0.665. The number of carboxylic acid groups (broad SMARTS) is 1. The Balaban J connectivity index is 1.50. The standard InChI is InChI=1S/C24H29ClN4O5S/c1-17-6-7-18(2)21(14-17)26-8-10-27(11-9-26)23(30)22-16-28(12-13-29(22)24(31)32)35(33,34)20-5-3-4-19(25)15-20/h3-7,14-15,22H,8-13,16H2,1-2H3,(H,31,32). The highest BCUT2D eigenvalue weighted by Gasteiger charge is 2.42. The van der Waals surface area contributed by atoms with Gasteiger partial charge in [0.15, 0.2) is 0 Å². The van der Waals surface area contributed by atoms with Gasteiger partial charge in [0.25, 0.3) is 0 Å². The van der Waals surface area contributed by atoms with Gasteiger partial charge >= 0.3 is 6.09 Å². The van der Waals surface area contributed by atoms with Crippen molar-refractivity contribution in [2.24, 2.45) is 0 Å². The van der Waals surface area contributed by atoms with Crippen molar-refractivity contribution >= 4 is 39.3 Å². The molecule has 35 heavy (non-hydrogen) atoms. The Morgan fingerprint density at radius 2 is 1.69 bits per heavy atom.